The summed E-state index contributed by atoms with van der Waals surface area (Å²) in [7, 11) is 0. The van der Waals surface area contributed by atoms with Crippen molar-refractivity contribution >= 4 is 23.5 Å². The molecule has 0 atom stereocenters. The molecule has 19 heteroatoms. The van der Waals surface area contributed by atoms with E-state index in [1.807, 2.05) is 18.3 Å². The van der Waals surface area contributed by atoms with Gasteiger partial charge < -0.3 is 50.7 Å². The van der Waals surface area contributed by atoms with E-state index >= 15 is 0 Å². The zero-order valence-corrected chi connectivity index (χ0v) is 32.5. The number of carbonyl (C=O) groups excluding carboxylic acids is 1. The first-order valence-electron chi connectivity index (χ1n) is 19.2. The number of aliphatic hydroxyl groups is 1. The predicted molar refractivity (Wildman–Crippen MR) is 209 cm³/mol. The van der Waals surface area contributed by atoms with Crippen molar-refractivity contribution in [3.8, 4) is 5.75 Å². The molecule has 1 aromatic carbocycles. The third-order valence-electron chi connectivity index (χ3n) is 8.62. The van der Waals surface area contributed by atoms with Gasteiger partial charge in [0.25, 0.3) is 5.91 Å². The van der Waals surface area contributed by atoms with Gasteiger partial charge in [-0.1, -0.05) is 30.7 Å². The van der Waals surface area contributed by atoms with Crippen molar-refractivity contribution in [1.82, 2.24) is 35.2 Å². The Morgan fingerprint density at radius 3 is 2.14 bits per heavy atom. The van der Waals surface area contributed by atoms with Gasteiger partial charge in [0.1, 0.15) is 23.9 Å². The monoisotopic (exact) mass is 785 g/mol. The quantitative estimate of drug-likeness (QED) is 0.0409. The molecule has 0 radical (unpaired) electrons. The molecule has 1 fully saturated rings. The Balaban J connectivity index is 1.04. The van der Waals surface area contributed by atoms with Crippen LogP contribution in [-0.4, -0.2) is 139 Å². The maximum absolute atomic E-state index is 12.8. The number of piperidine rings is 1. The van der Waals surface area contributed by atoms with Crippen LogP contribution in [0.3, 0.4) is 0 Å². The molecule has 0 saturated carbocycles. The Labute approximate surface area is 328 Å². The van der Waals surface area contributed by atoms with Gasteiger partial charge in [0, 0.05) is 19.6 Å². The average molecular weight is 786 g/mol. The summed E-state index contributed by atoms with van der Waals surface area (Å²) < 4.78 is 34.7. The second kappa shape index (κ2) is 25.6. The molecule has 2 aromatic heterocycles. The number of unbranched alkanes of at least 4 members (excludes halogenated alkanes) is 1. The highest BCUT2D eigenvalue weighted by molar-refractivity contribution is 6.06. The van der Waals surface area contributed by atoms with Gasteiger partial charge in [0.2, 0.25) is 0 Å². The molecule has 310 valence electrons. The fourth-order valence-corrected chi connectivity index (χ4v) is 5.63. The number of hydrogen-bond acceptors (Lipinski definition) is 16. The maximum Gasteiger partial charge on any atom is 0.280 e. The van der Waals surface area contributed by atoms with Gasteiger partial charge in [-0.15, -0.1) is 5.10 Å². The van der Waals surface area contributed by atoms with Crippen molar-refractivity contribution in [3.05, 3.63) is 53.1 Å². The summed E-state index contributed by atoms with van der Waals surface area (Å²) in [5.74, 6) is 0.418. The Kier molecular flexibility index (Phi) is 20.2. The fourth-order valence-electron chi connectivity index (χ4n) is 5.63. The number of benzene rings is 1. The van der Waals surface area contributed by atoms with Gasteiger partial charge in [0.05, 0.1) is 97.2 Å². The number of aliphatic imine (C=N–C) groups is 1. The van der Waals surface area contributed by atoms with E-state index in [9.17, 15) is 4.79 Å². The Morgan fingerprint density at radius 1 is 0.893 bits per heavy atom. The van der Waals surface area contributed by atoms with E-state index in [4.69, 9.17) is 50.7 Å². The molecule has 19 nitrogen and oxygen atoms in total. The van der Waals surface area contributed by atoms with Gasteiger partial charge in [-0.25, -0.2) is 19.6 Å². The molecular formula is C37H59N11O8. The molecule has 1 saturated heterocycles. The van der Waals surface area contributed by atoms with Crippen LogP contribution in [0.1, 0.15) is 60.0 Å². The van der Waals surface area contributed by atoms with Gasteiger partial charge in [-0.05, 0) is 43.4 Å². The molecule has 56 heavy (non-hydrogen) atoms. The van der Waals surface area contributed by atoms with Crippen LogP contribution in [0.25, 0.3) is 0 Å². The second-order valence-corrected chi connectivity index (χ2v) is 13.1. The lowest BCUT2D eigenvalue weighted by Crippen LogP contribution is -2.41. The van der Waals surface area contributed by atoms with Crippen LogP contribution in [-0.2, 0) is 49.8 Å². The van der Waals surface area contributed by atoms with Gasteiger partial charge in [0.15, 0.2) is 17.5 Å². The number of nitrogens with two attached hydrogens (primary N) is 3. The number of ether oxygens (including phenoxy) is 6. The van der Waals surface area contributed by atoms with Crippen LogP contribution in [0.15, 0.2) is 35.5 Å². The van der Waals surface area contributed by atoms with Crippen molar-refractivity contribution in [3.63, 3.8) is 0 Å². The zero-order valence-electron chi connectivity index (χ0n) is 32.5. The number of nitrogen functional groups attached to an aromatic ring is 2. The number of nitrogens with zero attached hydrogens (tertiary/aromatic N) is 7. The number of aryl methyl sites for hydroxylation is 1. The highest BCUT2D eigenvalue weighted by Crippen LogP contribution is 2.19. The summed E-state index contributed by atoms with van der Waals surface area (Å²) in [6.07, 6.45) is 5.91. The molecule has 0 aliphatic carbocycles. The number of carbonyl (C=O) groups is 1. The fraction of sp³-hybridized carbons (Fsp3) is 0.622. The van der Waals surface area contributed by atoms with Crippen molar-refractivity contribution < 1.29 is 38.3 Å². The van der Waals surface area contributed by atoms with Crippen molar-refractivity contribution in [2.24, 2.45) is 10.7 Å². The molecule has 4 rings (SSSR count). The van der Waals surface area contributed by atoms with Gasteiger partial charge >= 0.3 is 0 Å². The van der Waals surface area contributed by atoms with E-state index in [0.717, 1.165) is 56.8 Å². The smallest absolute Gasteiger partial charge is 0.280 e. The molecule has 1 amide bonds. The molecular weight excluding hydrogens is 726 g/mol. The summed E-state index contributed by atoms with van der Waals surface area (Å²) in [5.41, 5.74) is 20.4. The number of amides is 1. The van der Waals surface area contributed by atoms with Gasteiger partial charge in [-0.2, -0.15) is 0 Å². The summed E-state index contributed by atoms with van der Waals surface area (Å²) in [6.45, 7) is 10.1. The standard InChI is InChI=1S/C37H59N11O8/c1-2-3-4-32-34(38)43-35(39)33(42-32)36(50)44-37(40)41-29-9-11-47(12-10-29)25-28-5-7-31(8-6-28)56-27-30-26-48(46-45-30)13-15-51-17-19-53-21-23-55-24-22-54-20-18-52-16-14-49/h5-8,26,29,49H,2-4,9-25,27H2,1H3,(H4,38,39,43)(H3,40,41,44,50). The Bertz CT molecular complexity index is 1590. The molecule has 1 aliphatic heterocycles. The summed E-state index contributed by atoms with van der Waals surface area (Å²) in [5, 5.41) is 19.6. The minimum atomic E-state index is -0.554. The summed E-state index contributed by atoms with van der Waals surface area (Å²) in [4.78, 5) is 28.2. The van der Waals surface area contributed by atoms with Crippen LogP contribution in [0.4, 0.5) is 11.6 Å². The first kappa shape index (κ1) is 44.2. The molecule has 3 heterocycles. The van der Waals surface area contributed by atoms with Crippen molar-refractivity contribution in [2.45, 2.75) is 64.8 Å². The third-order valence-corrected chi connectivity index (χ3v) is 8.62. The number of aliphatic hydroxyl groups excluding tert-OH is 1. The number of likely N-dealkylation sites (tertiary alicyclic amines) is 1. The number of hydrogen-bond donors (Lipinski definition) is 5. The molecule has 3 aromatic rings. The van der Waals surface area contributed by atoms with Crippen LogP contribution >= 0.6 is 0 Å². The summed E-state index contributed by atoms with van der Waals surface area (Å²) >= 11 is 0. The maximum atomic E-state index is 12.8. The highest BCUT2D eigenvalue weighted by Gasteiger charge is 2.21. The summed E-state index contributed by atoms with van der Waals surface area (Å²) in [6, 6.07) is 8.04. The number of nitrogens with one attached hydrogen (secondary N) is 1. The Morgan fingerprint density at radius 2 is 1.52 bits per heavy atom. The normalized spacial score (nSPS) is 14.0. The van der Waals surface area contributed by atoms with E-state index < -0.39 is 5.91 Å². The van der Waals surface area contributed by atoms with E-state index in [2.05, 4.69) is 54.5 Å². The molecule has 8 N–H and O–H groups in total. The first-order chi connectivity index (χ1) is 27.3. The lowest BCUT2D eigenvalue weighted by Gasteiger charge is -2.30. The SMILES string of the molecule is CCCCc1nc(C(=O)NC(N)=NC2CCN(Cc3ccc(OCc4cn(CCOCCOCCOCCOCCOCCO)nn4)cc3)CC2)c(N)nc1N. The minimum absolute atomic E-state index is 0.00424. The molecule has 0 spiro atoms. The van der Waals surface area contributed by atoms with Crippen molar-refractivity contribution in [1.29, 1.82) is 0 Å². The molecule has 1 aliphatic rings. The number of guanidine groups is 1. The zero-order chi connectivity index (χ0) is 39.8. The van der Waals surface area contributed by atoms with Gasteiger partial charge in [-0.3, -0.25) is 15.0 Å². The van der Waals surface area contributed by atoms with E-state index in [-0.39, 0.29) is 35.9 Å². The highest BCUT2D eigenvalue weighted by atomic mass is 16.6. The predicted octanol–water partition coefficient (Wildman–Crippen LogP) is 0.939. The van der Waals surface area contributed by atoms with Crippen LogP contribution in [0.2, 0.25) is 0 Å². The van der Waals surface area contributed by atoms with E-state index in [0.29, 0.717) is 91.3 Å². The third kappa shape index (κ3) is 16.7. The number of rotatable bonds is 27. The number of anilines is 2. The molecule has 0 bridgehead atoms. The largest absolute Gasteiger partial charge is 0.487 e. The average Bonchev–Trinajstić information content (AvgIpc) is 3.65. The van der Waals surface area contributed by atoms with Crippen molar-refractivity contribution in [2.75, 3.05) is 97.2 Å². The van der Waals surface area contributed by atoms with E-state index in [1.54, 1.807) is 4.68 Å². The van der Waals surface area contributed by atoms with E-state index in [1.165, 1.54) is 5.56 Å². The lowest BCUT2D eigenvalue weighted by molar-refractivity contribution is -0.0137. The minimum Gasteiger partial charge on any atom is -0.487 e. The second-order valence-electron chi connectivity index (χ2n) is 13.1. The lowest BCUT2D eigenvalue weighted by atomic mass is 10.0. The number of aromatic nitrogens is 5. The topological polar surface area (TPSA) is 255 Å². The van der Waals surface area contributed by atoms with Crippen LogP contribution < -0.4 is 27.3 Å². The van der Waals surface area contributed by atoms with Crippen LogP contribution in [0.5, 0.6) is 5.75 Å². The molecule has 0 unspecified atom stereocenters. The first-order valence-corrected chi connectivity index (χ1v) is 19.2. The Hall–Kier alpha value is -4.50. The van der Waals surface area contributed by atoms with Crippen LogP contribution in [0, 0.1) is 0 Å².